The van der Waals surface area contributed by atoms with Crippen LogP contribution in [0, 0.1) is 11.8 Å². The number of ketones is 1. The van der Waals surface area contributed by atoms with Gasteiger partial charge >= 0.3 is 12.1 Å². The first-order valence-electron chi connectivity index (χ1n) is 21.0. The number of cyclic esters (lactones) is 1. The normalized spacial score (nSPS) is 34.0. The molecule has 3 unspecified atom stereocenters. The van der Waals surface area contributed by atoms with Crippen molar-refractivity contribution >= 4 is 35.9 Å². The quantitative estimate of drug-likeness (QED) is 0.180. The molecule has 61 heavy (non-hydrogen) atoms. The summed E-state index contributed by atoms with van der Waals surface area (Å²) in [6.45, 7) is 13.0. The number of nitrogens with one attached hydrogen (secondary N) is 1. The molecule has 0 bridgehead atoms. The Balaban J connectivity index is 0.00000265. The van der Waals surface area contributed by atoms with Crippen LogP contribution in [0.4, 0.5) is 8.68 Å². The highest BCUT2D eigenvalue weighted by Crippen LogP contribution is 2.39. The summed E-state index contributed by atoms with van der Waals surface area (Å²) in [6.07, 6.45) is 1.77. The topological polar surface area (TPSA) is 197 Å². The molecule has 0 spiro atoms. The third-order valence-electron chi connectivity index (χ3n) is 12.2. The zero-order chi connectivity index (χ0) is 45.2. The highest BCUT2D eigenvalue weighted by Gasteiger charge is 2.59. The molecule has 3 aliphatic rings. The van der Waals surface area contributed by atoms with Gasteiger partial charge in [-0.1, -0.05) is 25.1 Å². The molecule has 3 fully saturated rings. The monoisotopic (exact) mass is 879 g/mol. The third kappa shape index (κ3) is 12.0. The average Bonchev–Trinajstić information content (AvgIpc) is 3.80. The number of hydrogen-bond acceptors (Lipinski definition) is 15. The molecule has 5 heterocycles. The lowest BCUT2D eigenvalue weighted by Gasteiger charge is -2.45. The minimum Gasteiger partial charge on any atom is -0.458 e. The molecule has 0 aromatic carbocycles. The summed E-state index contributed by atoms with van der Waals surface area (Å²) < 4.78 is 42.8. The number of methoxy groups -OCH3 is 1. The molecule has 2 N–H and O–H groups in total. The van der Waals surface area contributed by atoms with Crippen molar-refractivity contribution in [3.8, 4) is 11.4 Å². The molecule has 0 radical (unpaired) electrons. The second kappa shape index (κ2) is 22.0. The van der Waals surface area contributed by atoms with Crippen LogP contribution in [0.5, 0.6) is 0 Å². The SMILES string of the molecule is CC[C@H]1OC(=O)[C@H](C)C(=O)C[C@@H](O[C@@H]2OC(C)CC(N(C)C)C2O)[C@](C)(OC)C[C@@H](C)C(=O)N[C@H](C)[C@H]2N(CCCCn3cc(-c4ccccn4)nn3)C(=O)O[C@]12C.CSF. The van der Waals surface area contributed by atoms with E-state index in [1.54, 1.807) is 43.5 Å². The molecular formula is C42H66FN7O10S. The van der Waals surface area contributed by atoms with Crippen LogP contribution >= 0.6 is 12.1 Å². The van der Waals surface area contributed by atoms with Crippen LogP contribution < -0.4 is 5.32 Å². The van der Waals surface area contributed by atoms with Gasteiger partial charge in [0.05, 0.1) is 41.8 Å². The van der Waals surface area contributed by atoms with Crippen LogP contribution in [0.25, 0.3) is 11.4 Å². The summed E-state index contributed by atoms with van der Waals surface area (Å²) in [6, 6.07) is 3.90. The highest BCUT2D eigenvalue weighted by molar-refractivity contribution is 7.93. The zero-order valence-corrected chi connectivity index (χ0v) is 38.2. The zero-order valence-electron chi connectivity index (χ0n) is 37.4. The number of aliphatic hydroxyl groups excluding tert-OH is 1. The second-order valence-corrected chi connectivity index (χ2v) is 17.3. The van der Waals surface area contributed by atoms with E-state index in [1.165, 1.54) is 20.3 Å². The van der Waals surface area contributed by atoms with Crippen molar-refractivity contribution in [2.45, 2.75) is 154 Å². The Kier molecular flexibility index (Phi) is 18.0. The number of amides is 2. The lowest BCUT2D eigenvalue weighted by Crippen LogP contribution is -2.61. The van der Waals surface area contributed by atoms with Crippen LogP contribution in [0.1, 0.15) is 87.0 Å². The van der Waals surface area contributed by atoms with Gasteiger partial charge in [-0.25, -0.2) is 4.79 Å². The van der Waals surface area contributed by atoms with Crippen molar-refractivity contribution < 1.29 is 51.9 Å². The van der Waals surface area contributed by atoms with Crippen molar-refractivity contribution in [1.82, 2.24) is 35.1 Å². The summed E-state index contributed by atoms with van der Waals surface area (Å²) in [5, 5.41) is 22.9. The maximum absolute atomic E-state index is 14.1. The maximum atomic E-state index is 14.1. The van der Waals surface area contributed by atoms with Gasteiger partial charge in [-0.3, -0.25) is 28.9 Å². The van der Waals surface area contributed by atoms with Crippen LogP contribution in [-0.4, -0.2) is 153 Å². The van der Waals surface area contributed by atoms with Crippen LogP contribution in [0.3, 0.4) is 0 Å². The predicted octanol–water partition coefficient (Wildman–Crippen LogP) is 4.61. The van der Waals surface area contributed by atoms with Crippen molar-refractivity contribution in [2.75, 3.05) is 34.0 Å². The Morgan fingerprint density at radius 1 is 1.08 bits per heavy atom. The number of nitrogens with zero attached hydrogens (tertiary/aromatic N) is 6. The molecule has 19 heteroatoms. The van der Waals surface area contributed by atoms with Crippen molar-refractivity contribution in [1.29, 1.82) is 0 Å². The number of fused-ring (bicyclic) bond motifs is 1. The van der Waals surface area contributed by atoms with Gasteiger partial charge < -0.3 is 39.0 Å². The molecule has 3 saturated heterocycles. The van der Waals surface area contributed by atoms with E-state index in [9.17, 15) is 28.2 Å². The fraction of sp³-hybridized carbons (Fsp3) is 0.738. The number of ether oxygens (including phenoxy) is 5. The Morgan fingerprint density at radius 3 is 2.39 bits per heavy atom. The number of likely N-dealkylation sites (N-methyl/N-ethyl adjacent to an activating group) is 1. The first kappa shape index (κ1) is 49.9. The molecule has 3 aliphatic heterocycles. The Bertz CT molecular complexity index is 1760. The molecule has 0 saturated carbocycles. The van der Waals surface area contributed by atoms with E-state index in [0.717, 1.165) is 5.69 Å². The third-order valence-corrected chi connectivity index (χ3v) is 12.2. The van der Waals surface area contributed by atoms with Gasteiger partial charge in [0, 0.05) is 63.2 Å². The summed E-state index contributed by atoms with van der Waals surface area (Å²) >= 11 is 0.250. The van der Waals surface area contributed by atoms with Crippen molar-refractivity contribution in [3.05, 3.63) is 30.6 Å². The molecule has 2 amide bonds. The number of esters is 1. The molecular weight excluding hydrogens is 814 g/mol. The van der Waals surface area contributed by atoms with E-state index in [0.29, 0.717) is 38.0 Å². The summed E-state index contributed by atoms with van der Waals surface area (Å²) in [7, 11) is 5.20. The number of aromatic nitrogens is 4. The number of aryl methyl sites for hydroxylation is 1. The van der Waals surface area contributed by atoms with E-state index >= 15 is 0 Å². The van der Waals surface area contributed by atoms with E-state index < -0.39 is 77.6 Å². The van der Waals surface area contributed by atoms with Gasteiger partial charge in [0.1, 0.15) is 29.6 Å². The van der Waals surface area contributed by atoms with Gasteiger partial charge in [0.2, 0.25) is 5.91 Å². The predicted molar refractivity (Wildman–Crippen MR) is 226 cm³/mol. The first-order valence-corrected chi connectivity index (χ1v) is 22.2. The highest BCUT2D eigenvalue weighted by atomic mass is 32.2. The van der Waals surface area contributed by atoms with Gasteiger partial charge in [0.25, 0.3) is 0 Å². The summed E-state index contributed by atoms with van der Waals surface area (Å²) in [4.78, 5) is 63.6. The fourth-order valence-electron chi connectivity index (χ4n) is 8.63. The molecule has 2 aromatic heterocycles. The van der Waals surface area contributed by atoms with Crippen molar-refractivity contribution in [2.24, 2.45) is 11.8 Å². The van der Waals surface area contributed by atoms with Crippen LogP contribution in [-0.2, 0) is 44.6 Å². The second-order valence-electron chi connectivity index (χ2n) is 17.0. The number of carbonyl (C=O) groups excluding carboxylic acids is 4. The minimum absolute atomic E-state index is 0.108. The molecule has 342 valence electrons. The van der Waals surface area contributed by atoms with Crippen LogP contribution in [0.2, 0.25) is 0 Å². The Labute approximate surface area is 363 Å². The average molecular weight is 880 g/mol. The van der Waals surface area contributed by atoms with E-state index in [-0.39, 0.29) is 49.5 Å². The van der Waals surface area contributed by atoms with Gasteiger partial charge in [0.15, 0.2) is 11.9 Å². The molecule has 12 atom stereocenters. The molecule has 17 nitrogen and oxygen atoms in total. The number of carbonyl (C=O) groups is 4. The number of aliphatic hydroxyl groups is 1. The van der Waals surface area contributed by atoms with Crippen LogP contribution in [0.15, 0.2) is 30.6 Å². The van der Waals surface area contributed by atoms with Gasteiger partial charge in [-0.2, -0.15) is 3.89 Å². The Morgan fingerprint density at radius 2 is 1.77 bits per heavy atom. The van der Waals surface area contributed by atoms with Crippen molar-refractivity contribution in [3.63, 3.8) is 0 Å². The smallest absolute Gasteiger partial charge is 0.410 e. The summed E-state index contributed by atoms with van der Waals surface area (Å²) in [5.74, 6) is -3.48. The summed E-state index contributed by atoms with van der Waals surface area (Å²) in [5.41, 5.74) is -1.26. The minimum atomic E-state index is -1.38. The number of rotatable bonds is 11. The fourth-order valence-corrected chi connectivity index (χ4v) is 8.63. The van der Waals surface area contributed by atoms with E-state index in [4.69, 9.17) is 23.7 Å². The number of pyridine rings is 1. The Hall–Kier alpha value is -3.75. The molecule has 5 rings (SSSR count). The molecule has 0 aliphatic carbocycles. The maximum Gasteiger partial charge on any atom is 0.410 e. The number of unbranched alkanes of at least 4 members (excludes halogenated alkanes) is 1. The van der Waals surface area contributed by atoms with E-state index in [2.05, 4.69) is 20.6 Å². The first-order chi connectivity index (χ1) is 28.8. The molecule has 2 aromatic rings. The number of hydrogen-bond donors (Lipinski definition) is 2. The largest absolute Gasteiger partial charge is 0.458 e. The van der Waals surface area contributed by atoms with Gasteiger partial charge in [-0.05, 0) is 93.0 Å². The number of Topliss-reactive ketones (excluding diaryl/α,β-unsaturated/α-hetero) is 1. The van der Waals surface area contributed by atoms with E-state index in [1.807, 2.05) is 57.2 Å². The standard InChI is InChI=1S/C41H63N7O10.CH3FS/c1-11-32-41(7)35(48(39(53)58-41)19-15-14-18-47-23-29(44-45-47)28-16-12-13-17-42-28)27(5)43-36(51)24(2)22-40(6,54-10)33(21-31(49)26(4)37(52)56-32)57-38-34(50)30(46(8)9)20-25(3)55-38;1-3-2/h12-13,16-17,23-27,30,32-35,38,50H,11,14-15,18-22H2,1-10H3,(H,43,51);1H3/t24-,25?,26-,27-,30?,32-,33-,34?,35-,38+,40-,41-;/m1./s1. The number of halogens is 1. The lowest BCUT2D eigenvalue weighted by molar-refractivity contribution is -0.289. The van der Waals surface area contributed by atoms with Gasteiger partial charge in [-0.15, -0.1) is 5.10 Å². The lowest BCUT2D eigenvalue weighted by atomic mass is 9.83.